The number of nitrogens with zero attached hydrogens (tertiary/aromatic N) is 3. The number of rotatable bonds is 8. The molecule has 2 rings (SSSR count). The van der Waals surface area contributed by atoms with Crippen molar-refractivity contribution in [3.63, 3.8) is 0 Å². The Balaban J connectivity index is 2.19. The molecule has 0 radical (unpaired) electrons. The standard InChI is InChI=1S/C16H20Cl2N4O3S3/c1-9(2)8-26-16-21-20-15(27-16)19-14(23)10(3)22(28(4,24)25)11-5-6-12(17)13(18)7-11/h5-7,9-10H,8H2,1-4H3,(H,19,20,23)/t10-/m0/s1. The molecular formula is C16H20Cl2N4O3S3. The SMILES string of the molecule is CC(C)CSc1nnc(NC(=O)[C@H](C)N(c2ccc(Cl)c(Cl)c2)S(C)(=O)=O)s1. The van der Waals surface area contributed by atoms with Crippen LogP contribution in [0.25, 0.3) is 0 Å². The van der Waals surface area contributed by atoms with Gasteiger partial charge in [-0.2, -0.15) is 0 Å². The number of sulfonamides is 1. The topological polar surface area (TPSA) is 92.3 Å². The predicted molar refractivity (Wildman–Crippen MR) is 117 cm³/mol. The van der Waals surface area contributed by atoms with Crippen LogP contribution in [0.4, 0.5) is 10.8 Å². The lowest BCUT2D eigenvalue weighted by Crippen LogP contribution is -2.45. The number of aromatic nitrogens is 2. The van der Waals surface area contributed by atoms with Crippen molar-refractivity contribution >= 4 is 73.0 Å². The van der Waals surface area contributed by atoms with Gasteiger partial charge in [-0.05, 0) is 31.0 Å². The minimum atomic E-state index is -3.76. The first-order valence-electron chi connectivity index (χ1n) is 8.20. The van der Waals surface area contributed by atoms with E-state index in [4.69, 9.17) is 23.2 Å². The number of carbonyl (C=O) groups excluding carboxylic acids is 1. The highest BCUT2D eigenvalue weighted by molar-refractivity contribution is 8.01. The van der Waals surface area contributed by atoms with Gasteiger partial charge in [-0.3, -0.25) is 14.4 Å². The molecule has 0 fully saturated rings. The number of halogens is 2. The van der Waals surface area contributed by atoms with E-state index in [0.717, 1.165) is 20.7 Å². The van der Waals surface area contributed by atoms with Crippen LogP contribution in [0, 0.1) is 5.92 Å². The number of thioether (sulfide) groups is 1. The predicted octanol–water partition coefficient (Wildman–Crippen LogP) is 4.39. The molecule has 0 saturated carbocycles. The molecule has 7 nitrogen and oxygen atoms in total. The second kappa shape index (κ2) is 9.62. The molecule has 0 aliphatic carbocycles. The Morgan fingerprint density at radius 3 is 2.50 bits per heavy atom. The quantitative estimate of drug-likeness (QED) is 0.442. The third-order valence-corrected chi connectivity index (χ3v) is 7.80. The number of hydrogen-bond acceptors (Lipinski definition) is 7. The third-order valence-electron chi connectivity index (χ3n) is 3.42. The summed E-state index contributed by atoms with van der Waals surface area (Å²) < 4.78 is 26.4. The van der Waals surface area contributed by atoms with E-state index in [-0.39, 0.29) is 15.7 Å². The van der Waals surface area contributed by atoms with Crippen molar-refractivity contribution in [2.45, 2.75) is 31.2 Å². The smallest absolute Gasteiger partial charge is 0.249 e. The minimum Gasteiger partial charge on any atom is -0.299 e. The summed E-state index contributed by atoms with van der Waals surface area (Å²) in [6, 6.07) is 3.33. The van der Waals surface area contributed by atoms with Gasteiger partial charge in [0.05, 0.1) is 22.0 Å². The Labute approximate surface area is 182 Å². The van der Waals surface area contributed by atoms with Gasteiger partial charge in [0.1, 0.15) is 6.04 Å². The van der Waals surface area contributed by atoms with Crippen molar-refractivity contribution in [2.24, 2.45) is 5.92 Å². The molecule has 1 amide bonds. The first kappa shape index (κ1) is 23.2. The summed E-state index contributed by atoms with van der Waals surface area (Å²) in [6.45, 7) is 5.68. The monoisotopic (exact) mass is 482 g/mol. The molecule has 12 heteroatoms. The van der Waals surface area contributed by atoms with E-state index in [9.17, 15) is 13.2 Å². The van der Waals surface area contributed by atoms with Crippen LogP contribution in [0.2, 0.25) is 10.0 Å². The molecular weight excluding hydrogens is 463 g/mol. The summed E-state index contributed by atoms with van der Waals surface area (Å²) in [6.07, 6.45) is 1.02. The van der Waals surface area contributed by atoms with Crippen LogP contribution in [0.15, 0.2) is 22.5 Å². The highest BCUT2D eigenvalue weighted by Gasteiger charge is 2.30. The second-order valence-corrected chi connectivity index (χ2v) is 11.3. The van der Waals surface area contributed by atoms with Crippen LogP contribution in [-0.4, -0.2) is 42.6 Å². The zero-order valence-corrected chi connectivity index (χ0v) is 19.6. The van der Waals surface area contributed by atoms with Crippen LogP contribution in [0.1, 0.15) is 20.8 Å². The fourth-order valence-corrected chi connectivity index (χ4v) is 5.39. The summed E-state index contributed by atoms with van der Waals surface area (Å²) in [4.78, 5) is 12.7. The molecule has 28 heavy (non-hydrogen) atoms. The van der Waals surface area contributed by atoms with Gasteiger partial charge in [-0.1, -0.05) is 60.1 Å². The normalized spacial score (nSPS) is 12.8. The van der Waals surface area contributed by atoms with Crippen molar-refractivity contribution in [1.82, 2.24) is 10.2 Å². The lowest BCUT2D eigenvalue weighted by atomic mass is 10.2. The third kappa shape index (κ3) is 6.21. The molecule has 0 bridgehead atoms. The number of carbonyl (C=O) groups is 1. The Morgan fingerprint density at radius 2 is 1.93 bits per heavy atom. The van der Waals surface area contributed by atoms with Crippen LogP contribution in [0.5, 0.6) is 0 Å². The molecule has 0 aliphatic rings. The van der Waals surface area contributed by atoms with Gasteiger partial charge in [0, 0.05) is 5.75 Å². The van der Waals surface area contributed by atoms with Gasteiger partial charge in [0.2, 0.25) is 21.1 Å². The molecule has 0 spiro atoms. The largest absolute Gasteiger partial charge is 0.299 e. The average Bonchev–Trinajstić information content (AvgIpc) is 3.02. The zero-order chi connectivity index (χ0) is 21.1. The van der Waals surface area contributed by atoms with E-state index in [2.05, 4.69) is 29.4 Å². The van der Waals surface area contributed by atoms with E-state index in [1.54, 1.807) is 11.8 Å². The van der Waals surface area contributed by atoms with Crippen LogP contribution in [0.3, 0.4) is 0 Å². The molecule has 0 unspecified atom stereocenters. The molecule has 1 N–H and O–H groups in total. The van der Waals surface area contributed by atoms with Gasteiger partial charge in [0.25, 0.3) is 0 Å². The van der Waals surface area contributed by atoms with Gasteiger partial charge in [0.15, 0.2) is 4.34 Å². The van der Waals surface area contributed by atoms with Crippen molar-refractivity contribution in [1.29, 1.82) is 0 Å². The van der Waals surface area contributed by atoms with Crippen molar-refractivity contribution in [2.75, 3.05) is 21.6 Å². The molecule has 0 saturated heterocycles. The highest BCUT2D eigenvalue weighted by Crippen LogP contribution is 2.30. The summed E-state index contributed by atoms with van der Waals surface area (Å²) in [5.41, 5.74) is 0.241. The van der Waals surface area contributed by atoms with Crippen molar-refractivity contribution in [3.8, 4) is 0 Å². The van der Waals surface area contributed by atoms with E-state index in [0.29, 0.717) is 11.0 Å². The number of anilines is 2. The molecule has 2 aromatic rings. The highest BCUT2D eigenvalue weighted by atomic mass is 35.5. The molecule has 1 heterocycles. The maximum absolute atomic E-state index is 12.7. The molecule has 154 valence electrons. The Kier molecular flexibility index (Phi) is 7.97. The number of benzene rings is 1. The minimum absolute atomic E-state index is 0.191. The molecule has 1 aromatic heterocycles. The van der Waals surface area contributed by atoms with Crippen LogP contribution < -0.4 is 9.62 Å². The van der Waals surface area contributed by atoms with E-state index in [1.165, 1.54) is 36.5 Å². The van der Waals surface area contributed by atoms with Gasteiger partial charge < -0.3 is 0 Å². The first-order chi connectivity index (χ1) is 13.0. The van der Waals surface area contributed by atoms with Gasteiger partial charge in [-0.15, -0.1) is 10.2 Å². The van der Waals surface area contributed by atoms with Crippen molar-refractivity contribution < 1.29 is 13.2 Å². The summed E-state index contributed by atoms with van der Waals surface area (Å²) in [5.74, 6) is 0.854. The second-order valence-electron chi connectivity index (χ2n) is 6.40. The lowest BCUT2D eigenvalue weighted by molar-refractivity contribution is -0.116. The van der Waals surface area contributed by atoms with E-state index < -0.39 is 22.0 Å². The van der Waals surface area contributed by atoms with E-state index in [1.807, 2.05) is 0 Å². The van der Waals surface area contributed by atoms with Gasteiger partial charge >= 0.3 is 0 Å². The lowest BCUT2D eigenvalue weighted by Gasteiger charge is -2.28. The Hall–Kier alpha value is -1.07. The zero-order valence-electron chi connectivity index (χ0n) is 15.6. The molecule has 1 aromatic carbocycles. The summed E-state index contributed by atoms with van der Waals surface area (Å²) in [7, 11) is -3.76. The van der Waals surface area contributed by atoms with Gasteiger partial charge in [-0.25, -0.2) is 8.42 Å². The maximum atomic E-state index is 12.7. The fourth-order valence-electron chi connectivity index (χ4n) is 2.20. The number of hydrogen-bond donors (Lipinski definition) is 1. The first-order valence-corrected chi connectivity index (χ1v) is 12.6. The van der Waals surface area contributed by atoms with Crippen molar-refractivity contribution in [3.05, 3.63) is 28.2 Å². The fraction of sp³-hybridized carbons (Fsp3) is 0.438. The maximum Gasteiger partial charge on any atom is 0.249 e. The molecule has 0 aliphatic heterocycles. The summed E-state index contributed by atoms with van der Waals surface area (Å²) >= 11 is 14.7. The summed E-state index contributed by atoms with van der Waals surface area (Å²) in [5, 5.41) is 11.4. The van der Waals surface area contributed by atoms with Crippen LogP contribution in [-0.2, 0) is 14.8 Å². The average molecular weight is 483 g/mol. The Morgan fingerprint density at radius 1 is 1.25 bits per heavy atom. The van der Waals surface area contributed by atoms with E-state index >= 15 is 0 Å². The molecule has 1 atom stereocenters. The van der Waals surface area contributed by atoms with Crippen LogP contribution >= 0.6 is 46.3 Å². The Bertz CT molecular complexity index is 950. The number of amides is 1. The number of nitrogens with one attached hydrogen (secondary N) is 1.